The average molecular weight is 185 g/mol. The summed E-state index contributed by atoms with van der Waals surface area (Å²) >= 11 is 5.66. The van der Waals surface area contributed by atoms with Crippen molar-refractivity contribution in [1.82, 2.24) is 10.3 Å². The minimum atomic E-state index is 0.347. The molecule has 1 unspecified atom stereocenters. The van der Waals surface area contributed by atoms with Crippen LogP contribution in [0.1, 0.15) is 25.5 Å². The Labute approximate surface area is 78.0 Å². The predicted octanol–water partition coefficient (Wildman–Crippen LogP) is 2.41. The van der Waals surface area contributed by atoms with Gasteiger partial charge in [-0.3, -0.25) is 0 Å². The Balaban J connectivity index is 2.68. The van der Waals surface area contributed by atoms with Crippen LogP contribution in [-0.4, -0.2) is 11.5 Å². The molecule has 1 heterocycles. The maximum atomic E-state index is 5.66. The van der Waals surface area contributed by atoms with Gasteiger partial charge >= 0.3 is 0 Å². The van der Waals surface area contributed by atoms with Crippen LogP contribution in [0.15, 0.2) is 18.3 Å². The van der Waals surface area contributed by atoms with Gasteiger partial charge in [0.1, 0.15) is 5.15 Å². The Hall–Kier alpha value is -0.600. The van der Waals surface area contributed by atoms with Crippen LogP contribution < -0.4 is 5.32 Å². The van der Waals surface area contributed by atoms with E-state index in [1.807, 2.05) is 12.1 Å². The van der Waals surface area contributed by atoms with Crippen molar-refractivity contribution in [2.45, 2.75) is 19.9 Å². The fourth-order valence-corrected chi connectivity index (χ4v) is 1.18. The van der Waals surface area contributed by atoms with E-state index in [4.69, 9.17) is 11.6 Å². The minimum Gasteiger partial charge on any atom is -0.310 e. The van der Waals surface area contributed by atoms with E-state index in [2.05, 4.69) is 24.1 Å². The summed E-state index contributed by atoms with van der Waals surface area (Å²) in [6, 6.07) is 4.15. The summed E-state index contributed by atoms with van der Waals surface area (Å²) in [7, 11) is 0. The van der Waals surface area contributed by atoms with E-state index >= 15 is 0 Å². The molecule has 0 aromatic carbocycles. The largest absolute Gasteiger partial charge is 0.310 e. The summed E-state index contributed by atoms with van der Waals surface area (Å²) in [6.07, 6.45) is 1.80. The molecule has 3 heteroatoms. The number of hydrogen-bond donors (Lipinski definition) is 1. The second-order valence-corrected chi connectivity index (χ2v) is 3.08. The van der Waals surface area contributed by atoms with Crippen molar-refractivity contribution >= 4 is 11.6 Å². The molecule has 1 atom stereocenters. The van der Waals surface area contributed by atoms with Gasteiger partial charge in [0.15, 0.2) is 0 Å². The Morgan fingerprint density at radius 2 is 2.33 bits per heavy atom. The van der Waals surface area contributed by atoms with Crippen molar-refractivity contribution in [3.63, 3.8) is 0 Å². The molecule has 2 nitrogen and oxygen atoms in total. The third kappa shape index (κ3) is 2.47. The van der Waals surface area contributed by atoms with Crippen LogP contribution in [0, 0.1) is 0 Å². The second-order valence-electron chi connectivity index (χ2n) is 2.69. The van der Waals surface area contributed by atoms with E-state index in [9.17, 15) is 0 Å². The van der Waals surface area contributed by atoms with Crippen LogP contribution in [0.2, 0.25) is 5.15 Å². The fraction of sp³-hybridized carbons (Fsp3) is 0.444. The number of nitrogens with one attached hydrogen (secondary N) is 1. The highest BCUT2D eigenvalue weighted by atomic mass is 35.5. The van der Waals surface area contributed by atoms with E-state index in [-0.39, 0.29) is 0 Å². The molecule has 0 spiro atoms. The van der Waals surface area contributed by atoms with Crippen LogP contribution in [0.3, 0.4) is 0 Å². The molecule has 0 aliphatic heterocycles. The number of aromatic nitrogens is 1. The van der Waals surface area contributed by atoms with Gasteiger partial charge in [0.2, 0.25) is 0 Å². The van der Waals surface area contributed by atoms with Crippen molar-refractivity contribution in [3.05, 3.63) is 29.0 Å². The first-order chi connectivity index (χ1) is 5.74. The van der Waals surface area contributed by atoms with Gasteiger partial charge in [-0.15, -0.1) is 0 Å². The van der Waals surface area contributed by atoms with E-state index in [1.54, 1.807) is 6.20 Å². The topological polar surface area (TPSA) is 24.9 Å². The molecule has 1 aromatic heterocycles. The summed E-state index contributed by atoms with van der Waals surface area (Å²) in [6.45, 7) is 5.15. The highest BCUT2D eigenvalue weighted by molar-refractivity contribution is 6.29. The van der Waals surface area contributed by atoms with E-state index in [0.717, 1.165) is 6.54 Å². The molecule has 1 aromatic rings. The van der Waals surface area contributed by atoms with Gasteiger partial charge in [-0.1, -0.05) is 24.6 Å². The van der Waals surface area contributed by atoms with Crippen molar-refractivity contribution in [3.8, 4) is 0 Å². The van der Waals surface area contributed by atoms with Crippen molar-refractivity contribution < 1.29 is 0 Å². The average Bonchev–Trinajstić information content (AvgIpc) is 2.06. The molecule has 0 bridgehead atoms. The second kappa shape index (κ2) is 4.43. The van der Waals surface area contributed by atoms with Gasteiger partial charge in [-0.05, 0) is 25.1 Å². The summed E-state index contributed by atoms with van der Waals surface area (Å²) in [5.41, 5.74) is 1.17. The standard InChI is InChI=1S/C9H13ClN2/c1-3-11-7(2)8-4-5-9(10)12-6-8/h4-7,11H,3H2,1-2H3. The SMILES string of the molecule is CCNC(C)c1ccc(Cl)nc1. The smallest absolute Gasteiger partial charge is 0.129 e. The van der Waals surface area contributed by atoms with Crippen LogP contribution in [0.4, 0.5) is 0 Å². The predicted molar refractivity (Wildman–Crippen MR) is 51.3 cm³/mol. The summed E-state index contributed by atoms with van der Waals surface area (Å²) < 4.78 is 0. The Morgan fingerprint density at radius 1 is 1.58 bits per heavy atom. The highest BCUT2D eigenvalue weighted by Crippen LogP contribution is 2.12. The molecule has 0 amide bonds. The van der Waals surface area contributed by atoms with Gasteiger partial charge in [0, 0.05) is 12.2 Å². The van der Waals surface area contributed by atoms with E-state index in [1.165, 1.54) is 5.56 Å². The Morgan fingerprint density at radius 3 is 2.83 bits per heavy atom. The summed E-state index contributed by atoms with van der Waals surface area (Å²) in [5, 5.41) is 3.84. The lowest BCUT2D eigenvalue weighted by atomic mass is 10.1. The fourth-order valence-electron chi connectivity index (χ4n) is 1.07. The van der Waals surface area contributed by atoms with E-state index in [0.29, 0.717) is 11.2 Å². The zero-order chi connectivity index (χ0) is 8.97. The molecule has 66 valence electrons. The molecule has 1 rings (SSSR count). The molecule has 0 saturated heterocycles. The molecule has 1 N–H and O–H groups in total. The van der Waals surface area contributed by atoms with Gasteiger partial charge < -0.3 is 5.32 Å². The van der Waals surface area contributed by atoms with Gasteiger partial charge in [-0.25, -0.2) is 4.98 Å². The normalized spacial score (nSPS) is 12.9. The molecule has 0 aliphatic carbocycles. The highest BCUT2D eigenvalue weighted by Gasteiger charge is 2.02. The molecule has 0 radical (unpaired) electrons. The first-order valence-electron chi connectivity index (χ1n) is 4.09. The number of rotatable bonds is 3. The molecule has 12 heavy (non-hydrogen) atoms. The zero-order valence-corrected chi connectivity index (χ0v) is 8.10. The number of nitrogens with zero attached hydrogens (tertiary/aromatic N) is 1. The number of halogens is 1. The lowest BCUT2D eigenvalue weighted by molar-refractivity contribution is 0.596. The monoisotopic (exact) mass is 184 g/mol. The number of hydrogen-bond acceptors (Lipinski definition) is 2. The molecule has 0 saturated carbocycles. The van der Waals surface area contributed by atoms with E-state index < -0.39 is 0 Å². The first kappa shape index (κ1) is 9.49. The molecular weight excluding hydrogens is 172 g/mol. The minimum absolute atomic E-state index is 0.347. The van der Waals surface area contributed by atoms with Crippen LogP contribution in [0.25, 0.3) is 0 Å². The first-order valence-corrected chi connectivity index (χ1v) is 4.46. The molecule has 0 aliphatic rings. The van der Waals surface area contributed by atoms with Crippen LogP contribution in [-0.2, 0) is 0 Å². The summed E-state index contributed by atoms with van der Waals surface area (Å²) in [4.78, 5) is 4.01. The quantitative estimate of drug-likeness (QED) is 0.730. The van der Waals surface area contributed by atoms with Gasteiger partial charge in [0.25, 0.3) is 0 Å². The maximum absolute atomic E-state index is 5.66. The number of pyridine rings is 1. The van der Waals surface area contributed by atoms with Gasteiger partial charge in [0.05, 0.1) is 0 Å². The third-order valence-corrected chi connectivity index (χ3v) is 1.98. The van der Waals surface area contributed by atoms with Crippen molar-refractivity contribution in [2.24, 2.45) is 0 Å². The maximum Gasteiger partial charge on any atom is 0.129 e. The Bertz CT molecular complexity index is 233. The third-order valence-electron chi connectivity index (χ3n) is 1.76. The summed E-state index contributed by atoms with van der Waals surface area (Å²) in [5.74, 6) is 0. The van der Waals surface area contributed by atoms with Crippen molar-refractivity contribution in [1.29, 1.82) is 0 Å². The van der Waals surface area contributed by atoms with Crippen LogP contribution in [0.5, 0.6) is 0 Å². The molecule has 0 fully saturated rings. The Kier molecular flexibility index (Phi) is 3.50. The lowest BCUT2D eigenvalue weighted by Gasteiger charge is -2.11. The van der Waals surface area contributed by atoms with Gasteiger partial charge in [-0.2, -0.15) is 0 Å². The lowest BCUT2D eigenvalue weighted by Crippen LogP contribution is -2.17. The zero-order valence-electron chi connectivity index (χ0n) is 7.34. The molecular formula is C9H13ClN2. The van der Waals surface area contributed by atoms with Crippen molar-refractivity contribution in [2.75, 3.05) is 6.54 Å². The van der Waals surface area contributed by atoms with Crippen LogP contribution >= 0.6 is 11.6 Å².